The molecule has 0 aromatic heterocycles. The van der Waals surface area contributed by atoms with Gasteiger partial charge in [0.2, 0.25) is 5.79 Å². The molecular weight excluding hydrogens is 760 g/mol. The van der Waals surface area contributed by atoms with Crippen molar-refractivity contribution in [2.75, 3.05) is 19.8 Å². The summed E-state index contributed by atoms with van der Waals surface area (Å²) < 4.78 is 45.2. The molecule has 6 saturated heterocycles. The normalized spacial score (nSPS) is 46.8. The molecule has 0 aromatic carbocycles. The number of carbonyl (C=O) groups is 1. The lowest BCUT2D eigenvalue weighted by Gasteiger charge is -2.52. The third-order valence-corrected chi connectivity index (χ3v) is 15.0. The fourth-order valence-corrected chi connectivity index (χ4v) is 11.5. The average Bonchev–Trinajstić information content (AvgIpc) is 3.50. The summed E-state index contributed by atoms with van der Waals surface area (Å²) >= 11 is 0. The third kappa shape index (κ3) is 9.32. The van der Waals surface area contributed by atoms with Gasteiger partial charge in [-0.3, -0.25) is 0 Å². The average molecular weight is 833 g/mol. The zero-order chi connectivity index (χ0) is 42.8. The molecule has 7 aliphatic rings. The predicted octanol–water partition coefficient (Wildman–Crippen LogP) is 5.50. The topological polar surface area (TPSA) is 183 Å². The number of ether oxygens (including phenoxy) is 7. The Kier molecular flexibility index (Phi) is 12.9. The van der Waals surface area contributed by atoms with Crippen LogP contribution in [0.3, 0.4) is 0 Å². The van der Waals surface area contributed by atoms with Crippen LogP contribution >= 0.6 is 0 Å². The quantitative estimate of drug-likeness (QED) is 0.174. The molecular formula is C46H72O13. The van der Waals surface area contributed by atoms with Crippen molar-refractivity contribution in [1.29, 1.82) is 0 Å². The Morgan fingerprint density at radius 3 is 2.54 bits per heavy atom. The number of fused-ring (bicyclic) bond motifs is 1. The van der Waals surface area contributed by atoms with Gasteiger partial charge in [-0.2, -0.15) is 0 Å². The fraction of sp³-hybridized carbons (Fsp3) is 0.848. The largest absolute Gasteiger partial charge is 0.479 e. The van der Waals surface area contributed by atoms with Crippen molar-refractivity contribution in [2.45, 2.75) is 203 Å². The van der Waals surface area contributed by atoms with Crippen LogP contribution in [0.5, 0.6) is 0 Å². The lowest BCUT2D eigenvalue weighted by Crippen LogP contribution is -2.60. The van der Waals surface area contributed by atoms with E-state index in [1.165, 1.54) is 6.92 Å². The Labute approximate surface area is 350 Å². The first kappa shape index (κ1) is 45.3. The Morgan fingerprint density at radius 2 is 1.83 bits per heavy atom. The number of aliphatic carboxylic acids is 1. The molecule has 334 valence electrons. The zero-order valence-corrected chi connectivity index (χ0v) is 36.4. The van der Waals surface area contributed by atoms with Gasteiger partial charge >= 0.3 is 5.97 Å². The minimum atomic E-state index is -2.00. The van der Waals surface area contributed by atoms with Crippen LogP contribution in [0.4, 0.5) is 0 Å². The van der Waals surface area contributed by atoms with E-state index in [0.29, 0.717) is 56.9 Å². The van der Waals surface area contributed by atoms with Crippen molar-refractivity contribution in [3.05, 3.63) is 36.0 Å². The molecule has 7 heterocycles. The molecule has 13 heteroatoms. The SMILES string of the molecule is C=C1[C@H](O)[C@@H]2O[C@]3(CC[C@@H]2O[C@@H]1[C@H](O)C[C@H](C)[C@@H]1C[C@]2(CCCOC2)CO[C@@H]1C)CC[C@](C)(/C=C/[C@H](C)[C@@H]1CC(C)=C[C@]2(O1)O[C@](C)(C[C@](C)(O)C(=O)O)CC[C@@H]2O)O3. The van der Waals surface area contributed by atoms with Crippen LogP contribution in [-0.4, -0.2) is 129 Å². The zero-order valence-electron chi connectivity index (χ0n) is 36.4. The van der Waals surface area contributed by atoms with Gasteiger partial charge in [0, 0.05) is 37.2 Å². The summed E-state index contributed by atoms with van der Waals surface area (Å²) in [6.45, 7) is 19.8. The molecule has 0 bridgehead atoms. The van der Waals surface area contributed by atoms with Crippen LogP contribution in [0.25, 0.3) is 0 Å². The van der Waals surface area contributed by atoms with Crippen LogP contribution < -0.4 is 0 Å². The second kappa shape index (κ2) is 16.7. The Hall–Kier alpha value is -1.75. The van der Waals surface area contributed by atoms with Crippen LogP contribution in [-0.2, 0) is 38.0 Å². The summed E-state index contributed by atoms with van der Waals surface area (Å²) in [6, 6.07) is 0. The Morgan fingerprint density at radius 1 is 1.07 bits per heavy atom. The van der Waals surface area contributed by atoms with Crippen molar-refractivity contribution in [3.8, 4) is 0 Å². The first-order chi connectivity index (χ1) is 27.6. The summed E-state index contributed by atoms with van der Waals surface area (Å²) in [5.74, 6) is -3.39. The van der Waals surface area contributed by atoms with E-state index >= 15 is 0 Å². The molecule has 0 unspecified atom stereocenters. The number of carboxylic acid groups (broad SMARTS) is 1. The smallest absolute Gasteiger partial charge is 0.335 e. The molecule has 0 aliphatic carbocycles. The predicted molar refractivity (Wildman–Crippen MR) is 217 cm³/mol. The molecule has 0 amide bonds. The minimum Gasteiger partial charge on any atom is -0.479 e. The maximum atomic E-state index is 11.7. The van der Waals surface area contributed by atoms with Gasteiger partial charge in [-0.1, -0.05) is 38.2 Å². The van der Waals surface area contributed by atoms with Gasteiger partial charge < -0.3 is 58.7 Å². The standard InChI is InChI=1S/C46H72O13/c1-27-20-35(56-46(22-27)36(48)12-15-42(7,59-46)24-43(8,52)40(50)51)28(2)10-14-41(6)17-18-45(58-41)16-11-34-39(57-45)37(49)30(4)38(55-34)33(47)21-29(3)32-23-44(26-54-31(32)5)13-9-19-53-25-44/h10,14,22,28-29,31-39,47-49,52H,4,9,11-13,15-21,23-26H2,1-3,5-8H3,(H,50,51)/b14-10+/t28-,29-,31+,32-,33+,34-,35-,36-,37-,38-,39+,41-,42-,43-,44-,45-,46-/m0/s1. The summed E-state index contributed by atoms with van der Waals surface area (Å²) in [5.41, 5.74) is -2.25. The number of hydrogen-bond donors (Lipinski definition) is 5. The fourth-order valence-electron chi connectivity index (χ4n) is 11.5. The van der Waals surface area contributed by atoms with E-state index in [4.69, 9.17) is 33.2 Å². The Bertz CT molecular complexity index is 1610. The van der Waals surface area contributed by atoms with E-state index in [1.54, 1.807) is 13.0 Å². The molecule has 59 heavy (non-hydrogen) atoms. The van der Waals surface area contributed by atoms with Gasteiger partial charge in [-0.05, 0) is 116 Å². The van der Waals surface area contributed by atoms with Gasteiger partial charge in [-0.25, -0.2) is 4.79 Å². The highest BCUT2D eigenvalue weighted by molar-refractivity contribution is 5.76. The maximum Gasteiger partial charge on any atom is 0.335 e. The molecule has 7 rings (SSSR count). The molecule has 17 atom stereocenters. The van der Waals surface area contributed by atoms with Crippen molar-refractivity contribution < 1.29 is 63.5 Å². The highest BCUT2D eigenvalue weighted by Gasteiger charge is 2.57. The van der Waals surface area contributed by atoms with Gasteiger partial charge in [0.1, 0.15) is 24.4 Å². The van der Waals surface area contributed by atoms with Crippen molar-refractivity contribution in [3.63, 3.8) is 0 Å². The van der Waals surface area contributed by atoms with Crippen LogP contribution in [0, 0.1) is 23.2 Å². The van der Waals surface area contributed by atoms with Crippen molar-refractivity contribution in [1.82, 2.24) is 0 Å². The Balaban J connectivity index is 0.948. The lowest BCUT2D eigenvalue weighted by molar-refractivity contribution is -0.344. The van der Waals surface area contributed by atoms with Crippen molar-refractivity contribution >= 4 is 5.97 Å². The molecule has 0 saturated carbocycles. The van der Waals surface area contributed by atoms with E-state index in [1.807, 2.05) is 20.8 Å². The van der Waals surface area contributed by atoms with Gasteiger partial charge in [-0.15, -0.1) is 0 Å². The number of aliphatic hydroxyl groups excluding tert-OH is 3. The van der Waals surface area contributed by atoms with E-state index < -0.39 is 71.0 Å². The summed E-state index contributed by atoms with van der Waals surface area (Å²) in [6.07, 6.45) is 8.36. The summed E-state index contributed by atoms with van der Waals surface area (Å²) in [4.78, 5) is 11.7. The minimum absolute atomic E-state index is 0.0463. The summed E-state index contributed by atoms with van der Waals surface area (Å²) in [7, 11) is 0. The van der Waals surface area contributed by atoms with Crippen molar-refractivity contribution in [2.24, 2.45) is 23.2 Å². The highest BCUT2D eigenvalue weighted by atomic mass is 16.7. The van der Waals surface area contributed by atoms with Gasteiger partial charge in [0.15, 0.2) is 11.4 Å². The monoisotopic (exact) mass is 832 g/mol. The lowest BCUT2D eigenvalue weighted by atomic mass is 9.68. The molecule has 0 radical (unpaired) electrons. The number of rotatable bonds is 10. The van der Waals surface area contributed by atoms with E-state index in [9.17, 15) is 30.3 Å². The third-order valence-electron chi connectivity index (χ3n) is 15.0. The van der Waals surface area contributed by atoms with Crippen LogP contribution in [0.2, 0.25) is 0 Å². The van der Waals surface area contributed by atoms with Gasteiger partial charge in [0.05, 0.1) is 48.8 Å². The molecule has 13 nitrogen and oxygen atoms in total. The van der Waals surface area contributed by atoms with Gasteiger partial charge in [0.25, 0.3) is 0 Å². The molecule has 3 spiro atoms. The second-order valence-electron chi connectivity index (χ2n) is 20.5. The maximum absolute atomic E-state index is 11.7. The first-order valence-corrected chi connectivity index (χ1v) is 22.3. The number of hydrogen-bond acceptors (Lipinski definition) is 12. The van der Waals surface area contributed by atoms with E-state index in [0.717, 1.165) is 44.7 Å². The molecule has 7 aliphatic heterocycles. The second-order valence-corrected chi connectivity index (χ2v) is 20.5. The number of carboxylic acids is 1. The highest BCUT2D eigenvalue weighted by Crippen LogP contribution is 2.51. The molecule has 0 aromatic rings. The van der Waals surface area contributed by atoms with E-state index in [-0.39, 0.29) is 41.8 Å². The van der Waals surface area contributed by atoms with Crippen LogP contribution in [0.15, 0.2) is 36.0 Å². The molecule has 6 fully saturated rings. The molecule has 5 N–H and O–H groups in total. The first-order valence-electron chi connectivity index (χ1n) is 22.3. The van der Waals surface area contributed by atoms with Crippen LogP contribution in [0.1, 0.15) is 126 Å². The number of aliphatic hydroxyl groups is 4. The van der Waals surface area contributed by atoms with E-state index in [2.05, 4.69) is 32.6 Å². The summed E-state index contributed by atoms with van der Waals surface area (Å²) in [5, 5.41) is 54.6.